The number of pyridine rings is 1. The van der Waals surface area contributed by atoms with Gasteiger partial charge in [0.05, 0.1) is 5.52 Å². The van der Waals surface area contributed by atoms with Gasteiger partial charge in [0.1, 0.15) is 0 Å². The lowest BCUT2D eigenvalue weighted by Crippen LogP contribution is -1.80. The van der Waals surface area contributed by atoms with Gasteiger partial charge < -0.3 is 0 Å². The van der Waals surface area contributed by atoms with Crippen LogP contribution in [0.3, 0.4) is 0 Å². The zero-order chi connectivity index (χ0) is 7.68. The molecule has 2 heteroatoms. The second-order valence-corrected chi connectivity index (χ2v) is 2.65. The molecule has 1 heterocycles. The summed E-state index contributed by atoms with van der Waals surface area (Å²) in [6, 6.07) is 12.3. The number of fused-ring (bicyclic) bond motifs is 1. The van der Waals surface area contributed by atoms with Crippen molar-refractivity contribution in [1.82, 2.24) is 4.98 Å². The van der Waals surface area contributed by atoms with Gasteiger partial charge in [0.2, 0.25) is 0 Å². The molecule has 0 spiro atoms. The van der Waals surface area contributed by atoms with Crippen molar-refractivity contribution in [3.63, 3.8) is 0 Å². The van der Waals surface area contributed by atoms with E-state index in [1.807, 2.05) is 31.2 Å². The fraction of sp³-hybridized carbons (Fsp3) is 0.100. The molecular weight excluding hydrogens is 261 g/mol. The highest BCUT2D eigenvalue weighted by atomic mass is 127. The van der Waals surface area contributed by atoms with Crippen molar-refractivity contribution >= 4 is 34.9 Å². The van der Waals surface area contributed by atoms with Gasteiger partial charge in [-0.15, -0.1) is 24.0 Å². The van der Waals surface area contributed by atoms with Crippen LogP contribution in [0.1, 0.15) is 5.69 Å². The minimum Gasteiger partial charge on any atom is -0.253 e. The first kappa shape index (κ1) is 9.45. The van der Waals surface area contributed by atoms with E-state index in [9.17, 15) is 0 Å². The molecule has 1 nitrogen and oxygen atoms in total. The minimum absolute atomic E-state index is 0. The smallest absolute Gasteiger partial charge is 0.0705 e. The normalized spacial score (nSPS) is 9.42. The lowest BCUT2D eigenvalue weighted by atomic mass is 10.2. The number of nitrogens with zero attached hydrogens (tertiary/aromatic N) is 1. The molecule has 0 amide bonds. The first-order valence-electron chi connectivity index (χ1n) is 3.69. The van der Waals surface area contributed by atoms with Crippen molar-refractivity contribution in [3.8, 4) is 0 Å². The molecule has 2 rings (SSSR count). The van der Waals surface area contributed by atoms with Gasteiger partial charge in [-0.05, 0) is 19.1 Å². The third-order valence-corrected chi connectivity index (χ3v) is 1.74. The van der Waals surface area contributed by atoms with E-state index in [4.69, 9.17) is 0 Å². The van der Waals surface area contributed by atoms with Crippen LogP contribution in [0.4, 0.5) is 0 Å². The molecule has 0 aliphatic rings. The van der Waals surface area contributed by atoms with Crippen molar-refractivity contribution in [2.75, 3.05) is 0 Å². The summed E-state index contributed by atoms with van der Waals surface area (Å²) in [7, 11) is 0. The summed E-state index contributed by atoms with van der Waals surface area (Å²) in [6.45, 7) is 2.01. The zero-order valence-electron chi connectivity index (χ0n) is 6.82. The SMILES string of the molecule is Cc1ccc2ccccc2n1.I. The summed E-state index contributed by atoms with van der Waals surface area (Å²) in [4.78, 5) is 4.38. The van der Waals surface area contributed by atoms with Crippen molar-refractivity contribution in [1.29, 1.82) is 0 Å². The van der Waals surface area contributed by atoms with Gasteiger partial charge in [-0.25, -0.2) is 0 Å². The van der Waals surface area contributed by atoms with E-state index in [1.54, 1.807) is 0 Å². The predicted molar refractivity (Wildman–Crippen MR) is 61.9 cm³/mol. The molecule has 0 bridgehead atoms. The summed E-state index contributed by atoms with van der Waals surface area (Å²) in [5, 5.41) is 1.21. The van der Waals surface area contributed by atoms with Crippen molar-refractivity contribution in [3.05, 3.63) is 42.1 Å². The van der Waals surface area contributed by atoms with E-state index in [1.165, 1.54) is 5.39 Å². The van der Waals surface area contributed by atoms with E-state index in [0.29, 0.717) is 0 Å². The lowest BCUT2D eigenvalue weighted by molar-refractivity contribution is 1.26. The van der Waals surface area contributed by atoms with Gasteiger partial charge >= 0.3 is 0 Å². The van der Waals surface area contributed by atoms with Crippen LogP contribution in [0, 0.1) is 6.92 Å². The molecule has 1 aromatic heterocycles. The highest BCUT2D eigenvalue weighted by Gasteiger charge is 1.90. The largest absolute Gasteiger partial charge is 0.253 e. The van der Waals surface area contributed by atoms with E-state index >= 15 is 0 Å². The number of aryl methyl sites for hydroxylation is 1. The fourth-order valence-corrected chi connectivity index (χ4v) is 1.17. The number of benzene rings is 1. The summed E-state index contributed by atoms with van der Waals surface area (Å²) in [5.41, 5.74) is 2.15. The Hall–Kier alpha value is -0.640. The molecule has 0 radical (unpaired) electrons. The van der Waals surface area contributed by atoms with Crippen LogP contribution in [0.2, 0.25) is 0 Å². The van der Waals surface area contributed by atoms with Crippen LogP contribution in [0.25, 0.3) is 10.9 Å². The average Bonchev–Trinajstić information content (AvgIpc) is 2.04. The number of hydrogen-bond donors (Lipinski definition) is 0. The van der Waals surface area contributed by atoms with Gasteiger partial charge in [0.15, 0.2) is 0 Å². The van der Waals surface area contributed by atoms with Crippen molar-refractivity contribution in [2.24, 2.45) is 0 Å². The van der Waals surface area contributed by atoms with Crippen molar-refractivity contribution in [2.45, 2.75) is 6.92 Å². The van der Waals surface area contributed by atoms with Gasteiger partial charge in [0.25, 0.3) is 0 Å². The number of rotatable bonds is 0. The van der Waals surface area contributed by atoms with Crippen LogP contribution >= 0.6 is 24.0 Å². The molecule has 1 aromatic carbocycles. The Morgan fingerprint density at radius 2 is 1.75 bits per heavy atom. The van der Waals surface area contributed by atoms with E-state index in [-0.39, 0.29) is 24.0 Å². The first-order valence-corrected chi connectivity index (χ1v) is 3.69. The molecule has 0 aliphatic carbocycles. The summed E-state index contributed by atoms with van der Waals surface area (Å²) >= 11 is 0. The van der Waals surface area contributed by atoms with E-state index < -0.39 is 0 Å². The molecule has 0 atom stereocenters. The summed E-state index contributed by atoms with van der Waals surface area (Å²) < 4.78 is 0. The molecular formula is C10H10IN. The molecule has 0 aliphatic heterocycles. The van der Waals surface area contributed by atoms with Crippen LogP contribution in [-0.2, 0) is 0 Å². The second-order valence-electron chi connectivity index (χ2n) is 2.65. The Balaban J connectivity index is 0.000000720. The number of hydrogen-bond acceptors (Lipinski definition) is 1. The maximum Gasteiger partial charge on any atom is 0.0705 e. The Labute approximate surface area is 88.8 Å². The molecule has 0 fully saturated rings. The molecule has 0 saturated heterocycles. The Kier molecular flexibility index (Phi) is 3.03. The van der Waals surface area contributed by atoms with Gasteiger partial charge in [-0.2, -0.15) is 0 Å². The summed E-state index contributed by atoms with van der Waals surface area (Å²) in [5.74, 6) is 0. The average molecular weight is 271 g/mol. The molecule has 0 saturated carbocycles. The number of para-hydroxylation sites is 1. The summed E-state index contributed by atoms with van der Waals surface area (Å²) in [6.07, 6.45) is 0. The Morgan fingerprint density at radius 3 is 2.58 bits per heavy atom. The molecule has 0 N–H and O–H groups in total. The first-order chi connectivity index (χ1) is 5.36. The topological polar surface area (TPSA) is 12.9 Å². The maximum atomic E-state index is 4.38. The van der Waals surface area contributed by atoms with E-state index in [2.05, 4.69) is 17.1 Å². The second kappa shape index (κ2) is 3.85. The minimum atomic E-state index is 0. The molecule has 2 aromatic rings. The molecule has 12 heavy (non-hydrogen) atoms. The van der Waals surface area contributed by atoms with Gasteiger partial charge in [-0.3, -0.25) is 4.98 Å². The van der Waals surface area contributed by atoms with Crippen LogP contribution < -0.4 is 0 Å². The standard InChI is InChI=1S/C10H9N.HI/c1-8-6-7-9-4-2-3-5-10(9)11-8;/h2-7H,1H3;1H. The van der Waals surface area contributed by atoms with Gasteiger partial charge in [-0.1, -0.05) is 24.3 Å². The monoisotopic (exact) mass is 271 g/mol. The maximum absolute atomic E-state index is 4.38. The van der Waals surface area contributed by atoms with E-state index in [0.717, 1.165) is 11.2 Å². The van der Waals surface area contributed by atoms with Crippen LogP contribution in [0.15, 0.2) is 36.4 Å². The number of halogens is 1. The highest BCUT2D eigenvalue weighted by molar-refractivity contribution is 14.0. The fourth-order valence-electron chi connectivity index (χ4n) is 1.17. The zero-order valence-corrected chi connectivity index (χ0v) is 9.15. The number of aromatic nitrogens is 1. The van der Waals surface area contributed by atoms with Crippen molar-refractivity contribution < 1.29 is 0 Å². The van der Waals surface area contributed by atoms with Crippen LogP contribution in [-0.4, -0.2) is 4.98 Å². The third kappa shape index (κ3) is 1.75. The van der Waals surface area contributed by atoms with Gasteiger partial charge in [0, 0.05) is 11.1 Å². The lowest BCUT2D eigenvalue weighted by Gasteiger charge is -1.95. The molecule has 0 unspecified atom stereocenters. The Bertz CT molecular complexity index is 384. The Morgan fingerprint density at radius 1 is 1.00 bits per heavy atom. The van der Waals surface area contributed by atoms with Crippen LogP contribution in [0.5, 0.6) is 0 Å². The quantitative estimate of drug-likeness (QED) is 0.671. The molecule has 62 valence electrons. The third-order valence-electron chi connectivity index (χ3n) is 1.74. The highest BCUT2D eigenvalue weighted by Crippen LogP contribution is 2.10. The predicted octanol–water partition coefficient (Wildman–Crippen LogP) is 3.16.